The van der Waals surface area contributed by atoms with Crippen molar-refractivity contribution in [3.05, 3.63) is 71.8 Å². The number of hydrogen-bond donors (Lipinski definition) is 0. The highest BCUT2D eigenvalue weighted by Gasteiger charge is 2.28. The van der Waals surface area contributed by atoms with Gasteiger partial charge in [0.1, 0.15) is 25.4 Å². The standard InChI is InChI=1S/C25H22O4/c1-2-6-19-16(5-1)11-23-20(19)7-3-8-21(23)22-9-4-10-24(28-14-17-12-26-17)25(22)29-15-18-13-27-18/h1-10,17-18H,11-15H2. The molecule has 2 unspecified atom stereocenters. The van der Waals surface area contributed by atoms with Crippen LogP contribution in [0.3, 0.4) is 0 Å². The molecule has 4 nitrogen and oxygen atoms in total. The summed E-state index contributed by atoms with van der Waals surface area (Å²) in [5, 5.41) is 0. The van der Waals surface area contributed by atoms with Gasteiger partial charge in [0.15, 0.2) is 11.5 Å². The molecule has 2 atom stereocenters. The molecule has 3 aromatic carbocycles. The molecule has 2 heterocycles. The van der Waals surface area contributed by atoms with Crippen LogP contribution in [0.4, 0.5) is 0 Å². The zero-order valence-electron chi connectivity index (χ0n) is 16.1. The third-order valence-corrected chi connectivity index (χ3v) is 5.76. The Morgan fingerprint density at radius 2 is 1.31 bits per heavy atom. The minimum Gasteiger partial charge on any atom is -0.487 e. The van der Waals surface area contributed by atoms with Gasteiger partial charge in [-0.2, -0.15) is 0 Å². The molecule has 0 N–H and O–H groups in total. The molecule has 4 heteroatoms. The number of benzene rings is 3. The summed E-state index contributed by atoms with van der Waals surface area (Å²) in [6.07, 6.45) is 1.33. The molecule has 0 bridgehead atoms. The van der Waals surface area contributed by atoms with Gasteiger partial charge in [-0.25, -0.2) is 0 Å². The molecule has 1 aliphatic carbocycles. The Labute approximate surface area is 170 Å². The number of ether oxygens (including phenoxy) is 4. The lowest BCUT2D eigenvalue weighted by atomic mass is 9.95. The van der Waals surface area contributed by atoms with Crippen LogP contribution in [-0.2, 0) is 15.9 Å². The second-order valence-corrected chi connectivity index (χ2v) is 7.83. The van der Waals surface area contributed by atoms with E-state index in [1.54, 1.807) is 0 Å². The summed E-state index contributed by atoms with van der Waals surface area (Å²) in [4.78, 5) is 0. The molecule has 6 rings (SSSR count). The molecule has 0 amide bonds. The lowest BCUT2D eigenvalue weighted by Gasteiger charge is -2.18. The van der Waals surface area contributed by atoms with Crippen molar-refractivity contribution < 1.29 is 18.9 Å². The van der Waals surface area contributed by atoms with Crippen molar-refractivity contribution in [3.8, 4) is 33.8 Å². The highest BCUT2D eigenvalue weighted by atomic mass is 16.6. The van der Waals surface area contributed by atoms with E-state index in [-0.39, 0.29) is 12.2 Å². The number of para-hydroxylation sites is 1. The van der Waals surface area contributed by atoms with Gasteiger partial charge in [-0.15, -0.1) is 0 Å². The zero-order chi connectivity index (χ0) is 19.2. The first-order valence-corrected chi connectivity index (χ1v) is 10.2. The normalized spacial score (nSPS) is 20.7. The van der Waals surface area contributed by atoms with Crippen molar-refractivity contribution in [2.24, 2.45) is 0 Å². The molecule has 0 aromatic heterocycles. The Hall–Kier alpha value is -2.82. The largest absolute Gasteiger partial charge is 0.487 e. The van der Waals surface area contributed by atoms with Crippen molar-refractivity contribution in [1.29, 1.82) is 0 Å². The third-order valence-electron chi connectivity index (χ3n) is 5.76. The first-order valence-electron chi connectivity index (χ1n) is 10.2. The van der Waals surface area contributed by atoms with Crippen LogP contribution in [0.1, 0.15) is 11.1 Å². The van der Waals surface area contributed by atoms with Crippen molar-refractivity contribution >= 4 is 0 Å². The second kappa shape index (κ2) is 6.90. The summed E-state index contributed by atoms with van der Waals surface area (Å²) in [6, 6.07) is 21.3. The fraction of sp³-hybridized carbons (Fsp3) is 0.280. The third kappa shape index (κ3) is 3.28. The molecule has 146 valence electrons. The van der Waals surface area contributed by atoms with E-state index in [2.05, 4.69) is 48.5 Å². The monoisotopic (exact) mass is 386 g/mol. The van der Waals surface area contributed by atoms with E-state index >= 15 is 0 Å². The average Bonchev–Trinajstić information content (AvgIpc) is 3.68. The van der Waals surface area contributed by atoms with Crippen LogP contribution in [0.15, 0.2) is 60.7 Å². The molecule has 3 aromatic rings. The Morgan fingerprint density at radius 3 is 2.10 bits per heavy atom. The summed E-state index contributed by atoms with van der Waals surface area (Å²) in [5.41, 5.74) is 7.65. The van der Waals surface area contributed by atoms with Crippen LogP contribution in [0.2, 0.25) is 0 Å². The number of rotatable bonds is 7. The summed E-state index contributed by atoms with van der Waals surface area (Å²) < 4.78 is 23.0. The lowest BCUT2D eigenvalue weighted by Crippen LogP contribution is -2.09. The topological polar surface area (TPSA) is 43.5 Å². The molecular weight excluding hydrogens is 364 g/mol. The van der Waals surface area contributed by atoms with Crippen LogP contribution in [0.5, 0.6) is 11.5 Å². The zero-order valence-corrected chi connectivity index (χ0v) is 16.1. The maximum atomic E-state index is 6.25. The quantitative estimate of drug-likeness (QED) is 0.439. The van der Waals surface area contributed by atoms with Gasteiger partial charge in [-0.1, -0.05) is 54.6 Å². The second-order valence-electron chi connectivity index (χ2n) is 7.83. The molecule has 2 aliphatic heterocycles. The van der Waals surface area contributed by atoms with Crippen molar-refractivity contribution in [2.45, 2.75) is 18.6 Å². The Kier molecular flexibility index (Phi) is 4.06. The van der Waals surface area contributed by atoms with Gasteiger partial charge < -0.3 is 18.9 Å². The van der Waals surface area contributed by atoms with Crippen LogP contribution in [0, 0.1) is 0 Å². The minimum atomic E-state index is 0.188. The van der Waals surface area contributed by atoms with Crippen LogP contribution in [-0.4, -0.2) is 38.6 Å². The first-order chi connectivity index (χ1) is 14.4. The first kappa shape index (κ1) is 17.1. The van der Waals surface area contributed by atoms with E-state index in [1.807, 2.05) is 12.1 Å². The van der Waals surface area contributed by atoms with Gasteiger partial charge in [0.05, 0.1) is 13.2 Å². The Balaban J connectivity index is 1.42. The van der Waals surface area contributed by atoms with Gasteiger partial charge in [0.25, 0.3) is 0 Å². The SMILES string of the molecule is c1ccc2c(c1)Cc1c-2cccc1-c1cccc(OCC2CO2)c1OCC1CO1. The summed E-state index contributed by atoms with van der Waals surface area (Å²) >= 11 is 0. The molecule has 2 fully saturated rings. The number of fused-ring (bicyclic) bond motifs is 3. The van der Waals surface area contributed by atoms with E-state index in [0.29, 0.717) is 13.2 Å². The fourth-order valence-corrected chi connectivity index (χ4v) is 4.09. The summed E-state index contributed by atoms with van der Waals surface area (Å²) in [6.45, 7) is 2.64. The van der Waals surface area contributed by atoms with E-state index in [0.717, 1.165) is 36.7 Å². The van der Waals surface area contributed by atoms with Crippen LogP contribution >= 0.6 is 0 Å². The van der Waals surface area contributed by atoms with Crippen molar-refractivity contribution in [2.75, 3.05) is 26.4 Å². The minimum absolute atomic E-state index is 0.188. The molecule has 0 radical (unpaired) electrons. The Morgan fingerprint density at radius 1 is 0.690 bits per heavy atom. The summed E-state index contributed by atoms with van der Waals surface area (Å²) in [5.74, 6) is 1.57. The molecule has 2 saturated heterocycles. The maximum absolute atomic E-state index is 6.25. The van der Waals surface area contributed by atoms with E-state index in [1.165, 1.54) is 27.8 Å². The lowest BCUT2D eigenvalue weighted by molar-refractivity contribution is 0.229. The number of hydrogen-bond acceptors (Lipinski definition) is 4. The predicted octanol–water partition coefficient (Wildman–Crippen LogP) is 4.48. The Bertz CT molecular complexity index is 1070. The van der Waals surface area contributed by atoms with E-state index < -0.39 is 0 Å². The fourth-order valence-electron chi connectivity index (χ4n) is 4.09. The maximum Gasteiger partial charge on any atom is 0.169 e. The van der Waals surface area contributed by atoms with E-state index in [9.17, 15) is 0 Å². The highest BCUT2D eigenvalue weighted by molar-refractivity contribution is 5.87. The van der Waals surface area contributed by atoms with Crippen molar-refractivity contribution in [3.63, 3.8) is 0 Å². The van der Waals surface area contributed by atoms with Gasteiger partial charge in [-0.3, -0.25) is 0 Å². The van der Waals surface area contributed by atoms with Crippen LogP contribution in [0.25, 0.3) is 22.3 Å². The van der Waals surface area contributed by atoms with Gasteiger partial charge in [0.2, 0.25) is 0 Å². The van der Waals surface area contributed by atoms with Gasteiger partial charge >= 0.3 is 0 Å². The molecule has 0 saturated carbocycles. The molecule has 0 spiro atoms. The van der Waals surface area contributed by atoms with Crippen molar-refractivity contribution in [1.82, 2.24) is 0 Å². The molecule has 3 aliphatic rings. The molecule has 29 heavy (non-hydrogen) atoms. The molecular formula is C25H22O4. The number of epoxide rings is 2. The van der Waals surface area contributed by atoms with E-state index in [4.69, 9.17) is 18.9 Å². The smallest absolute Gasteiger partial charge is 0.169 e. The van der Waals surface area contributed by atoms with Gasteiger partial charge in [0, 0.05) is 5.56 Å². The summed E-state index contributed by atoms with van der Waals surface area (Å²) in [7, 11) is 0. The predicted molar refractivity (Wildman–Crippen MR) is 111 cm³/mol. The highest BCUT2D eigenvalue weighted by Crippen LogP contribution is 2.46. The average molecular weight is 386 g/mol. The van der Waals surface area contributed by atoms with Gasteiger partial charge in [-0.05, 0) is 40.3 Å². The van der Waals surface area contributed by atoms with Crippen LogP contribution < -0.4 is 9.47 Å².